The van der Waals surface area contributed by atoms with E-state index in [4.69, 9.17) is 0 Å². The fraction of sp³-hybridized carbons (Fsp3) is 1.00. The van der Waals surface area contributed by atoms with E-state index in [-0.39, 0.29) is 0 Å². The van der Waals surface area contributed by atoms with Crippen molar-refractivity contribution in [2.75, 3.05) is 6.54 Å². The Bertz CT molecular complexity index is 292. The summed E-state index contributed by atoms with van der Waals surface area (Å²) < 4.78 is 0. The van der Waals surface area contributed by atoms with Crippen LogP contribution in [0.3, 0.4) is 0 Å². The van der Waals surface area contributed by atoms with E-state index < -0.39 is 0 Å². The van der Waals surface area contributed by atoms with Gasteiger partial charge in [0.15, 0.2) is 0 Å². The zero-order valence-electron chi connectivity index (χ0n) is 14.1. The molecule has 2 aliphatic carbocycles. The zero-order chi connectivity index (χ0) is 14.5. The van der Waals surface area contributed by atoms with Gasteiger partial charge in [0, 0.05) is 18.1 Å². The maximum atomic E-state index is 4.14. The maximum Gasteiger partial charge on any atom is 0.0113 e. The second-order valence-electron chi connectivity index (χ2n) is 7.84. The van der Waals surface area contributed by atoms with Crippen LogP contribution in [-0.2, 0) is 0 Å². The van der Waals surface area contributed by atoms with Crippen LogP contribution in [0, 0.1) is 11.8 Å². The highest BCUT2D eigenvalue weighted by Gasteiger charge is 2.36. The minimum Gasteiger partial charge on any atom is -0.314 e. The van der Waals surface area contributed by atoms with Crippen LogP contribution in [0.2, 0.25) is 0 Å². The second-order valence-corrected chi connectivity index (χ2v) is 7.84. The predicted octanol–water partition coefficient (Wildman–Crippen LogP) is 4.25. The minimum atomic E-state index is 0.791. The quantitative estimate of drug-likeness (QED) is 0.792. The average molecular weight is 293 g/mol. The van der Waals surface area contributed by atoms with Crippen LogP contribution >= 0.6 is 0 Å². The van der Waals surface area contributed by atoms with Gasteiger partial charge in [-0.15, -0.1) is 0 Å². The van der Waals surface area contributed by atoms with Crippen LogP contribution in [0.15, 0.2) is 0 Å². The van der Waals surface area contributed by atoms with Gasteiger partial charge in [-0.05, 0) is 63.3 Å². The normalized spacial score (nSPS) is 36.7. The molecule has 3 aliphatic rings. The molecule has 2 N–H and O–H groups in total. The average Bonchev–Trinajstić information content (AvgIpc) is 3.02. The molecule has 1 aliphatic heterocycles. The lowest BCUT2D eigenvalue weighted by Crippen LogP contribution is -2.50. The summed E-state index contributed by atoms with van der Waals surface area (Å²) in [6.45, 7) is 3.66. The first-order chi connectivity index (χ1) is 10.4. The zero-order valence-corrected chi connectivity index (χ0v) is 14.1. The van der Waals surface area contributed by atoms with Crippen LogP contribution in [0.5, 0.6) is 0 Å². The number of piperidine rings is 1. The summed E-state index contributed by atoms with van der Waals surface area (Å²) in [5.41, 5.74) is 0. The maximum absolute atomic E-state index is 4.14. The first-order valence-electron chi connectivity index (χ1n) is 9.88. The molecule has 21 heavy (non-hydrogen) atoms. The molecular weight excluding hydrogens is 256 g/mol. The molecule has 122 valence electrons. The van der Waals surface area contributed by atoms with Crippen molar-refractivity contribution in [3.8, 4) is 0 Å². The van der Waals surface area contributed by atoms with Gasteiger partial charge in [-0.1, -0.05) is 39.0 Å². The van der Waals surface area contributed by atoms with Gasteiger partial charge in [-0.2, -0.15) is 0 Å². The molecule has 2 saturated carbocycles. The molecular formula is C19H36N2. The molecule has 0 aromatic heterocycles. The van der Waals surface area contributed by atoms with Gasteiger partial charge >= 0.3 is 0 Å². The summed E-state index contributed by atoms with van der Waals surface area (Å²) in [7, 11) is 0. The fourth-order valence-electron chi connectivity index (χ4n) is 5.32. The molecule has 3 fully saturated rings. The molecule has 1 heterocycles. The Morgan fingerprint density at radius 2 is 1.71 bits per heavy atom. The van der Waals surface area contributed by atoms with Gasteiger partial charge in [0.2, 0.25) is 0 Å². The third-order valence-electron chi connectivity index (χ3n) is 6.52. The standard InChI is InChI=1S/C19H36N2/c1-2-17(15-9-4-3-5-10-15)21-19-13-8-11-16(19)18-12-6-7-14-20-18/h15-21H,2-14H2,1H3. The third kappa shape index (κ3) is 4.01. The topological polar surface area (TPSA) is 24.1 Å². The molecule has 4 unspecified atom stereocenters. The first kappa shape index (κ1) is 15.8. The smallest absolute Gasteiger partial charge is 0.0113 e. The van der Waals surface area contributed by atoms with Crippen LogP contribution in [0.4, 0.5) is 0 Å². The van der Waals surface area contributed by atoms with Crippen molar-refractivity contribution in [3.05, 3.63) is 0 Å². The van der Waals surface area contributed by atoms with E-state index in [1.807, 2.05) is 0 Å². The van der Waals surface area contributed by atoms with E-state index in [1.54, 1.807) is 0 Å². The fourth-order valence-corrected chi connectivity index (χ4v) is 5.32. The van der Waals surface area contributed by atoms with Crippen molar-refractivity contribution in [2.24, 2.45) is 11.8 Å². The van der Waals surface area contributed by atoms with Gasteiger partial charge in [0.1, 0.15) is 0 Å². The Labute approximate surface area is 131 Å². The van der Waals surface area contributed by atoms with Gasteiger partial charge < -0.3 is 10.6 Å². The predicted molar refractivity (Wildman–Crippen MR) is 90.6 cm³/mol. The summed E-state index contributed by atoms with van der Waals surface area (Å²) in [5, 5.41) is 7.96. The Morgan fingerprint density at radius 1 is 0.905 bits per heavy atom. The molecule has 2 heteroatoms. The van der Waals surface area contributed by atoms with E-state index in [1.165, 1.54) is 83.6 Å². The van der Waals surface area contributed by atoms with Crippen LogP contribution in [0.1, 0.15) is 84.0 Å². The monoisotopic (exact) mass is 292 g/mol. The Kier molecular flexibility index (Phi) is 5.99. The van der Waals surface area contributed by atoms with E-state index in [0.717, 1.165) is 30.0 Å². The first-order valence-corrected chi connectivity index (χ1v) is 9.88. The van der Waals surface area contributed by atoms with Crippen molar-refractivity contribution in [3.63, 3.8) is 0 Å². The molecule has 0 amide bonds. The summed E-state index contributed by atoms with van der Waals surface area (Å²) in [5.74, 6) is 1.87. The van der Waals surface area contributed by atoms with E-state index in [9.17, 15) is 0 Å². The van der Waals surface area contributed by atoms with Crippen molar-refractivity contribution >= 4 is 0 Å². The number of hydrogen-bond donors (Lipinski definition) is 2. The van der Waals surface area contributed by atoms with Crippen LogP contribution < -0.4 is 10.6 Å². The highest BCUT2D eigenvalue weighted by atomic mass is 15.0. The van der Waals surface area contributed by atoms with E-state index >= 15 is 0 Å². The molecule has 3 rings (SSSR count). The largest absolute Gasteiger partial charge is 0.314 e. The molecule has 0 spiro atoms. The van der Waals surface area contributed by atoms with Crippen LogP contribution in [0.25, 0.3) is 0 Å². The molecule has 1 saturated heterocycles. The molecule has 4 atom stereocenters. The molecule has 0 radical (unpaired) electrons. The van der Waals surface area contributed by atoms with Crippen molar-refractivity contribution in [1.82, 2.24) is 10.6 Å². The number of nitrogens with one attached hydrogen (secondary N) is 2. The van der Waals surface area contributed by atoms with Gasteiger partial charge in [0.25, 0.3) is 0 Å². The Hall–Kier alpha value is -0.0800. The van der Waals surface area contributed by atoms with Crippen LogP contribution in [-0.4, -0.2) is 24.7 Å². The van der Waals surface area contributed by atoms with Gasteiger partial charge in [-0.25, -0.2) is 0 Å². The SMILES string of the molecule is CCC(NC1CCCC1C1CCCCN1)C1CCCCC1. The highest BCUT2D eigenvalue weighted by Crippen LogP contribution is 2.34. The van der Waals surface area contributed by atoms with Gasteiger partial charge in [0.05, 0.1) is 0 Å². The van der Waals surface area contributed by atoms with Crippen molar-refractivity contribution in [1.29, 1.82) is 0 Å². The molecule has 2 nitrogen and oxygen atoms in total. The van der Waals surface area contributed by atoms with E-state index in [2.05, 4.69) is 17.6 Å². The summed E-state index contributed by atoms with van der Waals surface area (Å²) >= 11 is 0. The highest BCUT2D eigenvalue weighted by molar-refractivity contribution is 4.94. The minimum absolute atomic E-state index is 0.791. The lowest BCUT2D eigenvalue weighted by molar-refractivity contribution is 0.202. The number of hydrogen-bond acceptors (Lipinski definition) is 2. The third-order valence-corrected chi connectivity index (χ3v) is 6.52. The Balaban J connectivity index is 1.56. The summed E-state index contributed by atoms with van der Waals surface area (Å²) in [6, 6.07) is 2.40. The lowest BCUT2D eigenvalue weighted by atomic mass is 9.81. The Morgan fingerprint density at radius 3 is 2.43 bits per heavy atom. The number of rotatable bonds is 5. The molecule has 0 aromatic rings. The summed E-state index contributed by atoms with van der Waals surface area (Å²) in [6.07, 6.45) is 17.3. The van der Waals surface area contributed by atoms with Crippen molar-refractivity contribution in [2.45, 2.75) is 102 Å². The molecule has 0 bridgehead atoms. The lowest BCUT2D eigenvalue weighted by Gasteiger charge is -2.37. The van der Waals surface area contributed by atoms with E-state index in [0.29, 0.717) is 0 Å². The summed E-state index contributed by atoms with van der Waals surface area (Å²) in [4.78, 5) is 0. The molecule has 0 aromatic carbocycles. The van der Waals surface area contributed by atoms with Gasteiger partial charge in [-0.3, -0.25) is 0 Å². The second kappa shape index (κ2) is 7.97. The van der Waals surface area contributed by atoms with Crippen molar-refractivity contribution < 1.29 is 0 Å².